The highest BCUT2D eigenvalue weighted by Gasteiger charge is 2.39. The van der Waals surface area contributed by atoms with Gasteiger partial charge in [-0.05, 0) is 84.5 Å². The van der Waals surface area contributed by atoms with Gasteiger partial charge < -0.3 is 14.6 Å². The second-order valence-corrected chi connectivity index (χ2v) is 11.1. The lowest BCUT2D eigenvalue weighted by Gasteiger charge is -2.29. The molecule has 3 atom stereocenters. The molecule has 1 saturated carbocycles. The van der Waals surface area contributed by atoms with Crippen molar-refractivity contribution in [2.24, 2.45) is 11.8 Å². The number of rotatable bonds is 11. The maximum Gasteiger partial charge on any atom is 0.306 e. The van der Waals surface area contributed by atoms with Crippen LogP contribution in [0.2, 0.25) is 0 Å². The molecule has 2 heterocycles. The van der Waals surface area contributed by atoms with Crippen LogP contribution in [0.1, 0.15) is 74.3 Å². The van der Waals surface area contributed by atoms with Crippen LogP contribution in [-0.2, 0) is 17.8 Å². The van der Waals surface area contributed by atoms with Crippen molar-refractivity contribution in [3.05, 3.63) is 76.7 Å². The third kappa shape index (κ3) is 5.85. The quantitative estimate of drug-likeness (QED) is 0.279. The van der Waals surface area contributed by atoms with Crippen LogP contribution in [-0.4, -0.2) is 41.2 Å². The lowest BCUT2D eigenvalue weighted by Crippen LogP contribution is -2.23. The summed E-state index contributed by atoms with van der Waals surface area (Å²) in [6.07, 6.45) is 4.95. The molecule has 1 fully saturated rings. The number of nitrogens with zero attached hydrogens (tertiary/aromatic N) is 2. The Morgan fingerprint density at radius 1 is 1.12 bits per heavy atom. The second-order valence-electron chi connectivity index (χ2n) is 11.1. The van der Waals surface area contributed by atoms with E-state index < -0.39 is 11.9 Å². The van der Waals surface area contributed by atoms with Crippen molar-refractivity contribution >= 4 is 5.97 Å². The summed E-state index contributed by atoms with van der Waals surface area (Å²) in [4.78, 5) is 18.2. The molecule has 1 aliphatic heterocycles. The molecule has 5 rings (SSSR count). The number of hydrogen-bond acceptors (Lipinski definition) is 5. The molecule has 2 aliphatic rings. The molecule has 1 aromatic heterocycles. The highest BCUT2D eigenvalue weighted by Crippen LogP contribution is 2.48. The van der Waals surface area contributed by atoms with Crippen LogP contribution in [0, 0.1) is 17.7 Å². The maximum absolute atomic E-state index is 15.0. The van der Waals surface area contributed by atoms with Crippen molar-refractivity contribution in [1.82, 2.24) is 9.88 Å². The van der Waals surface area contributed by atoms with Crippen LogP contribution in [0.5, 0.6) is 11.6 Å². The average molecular weight is 547 g/mol. The minimum atomic E-state index is -0.752. The number of carbonyl (C=O) groups is 1. The molecule has 0 bridgehead atoms. The minimum Gasteiger partial charge on any atom is -0.485 e. The van der Waals surface area contributed by atoms with Crippen LogP contribution in [0.15, 0.2) is 48.7 Å². The first-order valence-corrected chi connectivity index (χ1v) is 14.4. The third-order valence-electron chi connectivity index (χ3n) is 8.60. The monoisotopic (exact) mass is 546 g/mol. The lowest BCUT2D eigenvalue weighted by atomic mass is 9.82. The summed E-state index contributed by atoms with van der Waals surface area (Å²) in [5, 5.41) is 9.73. The van der Waals surface area contributed by atoms with Crippen LogP contribution >= 0.6 is 0 Å². The SMILES string of the molecule is CCN(CC)Cc1cc(C2CCc3ccc(C(C4CC4)[C@H](C)C(=O)O)cc3O2)ccc1-c1cc(OC)ncc1F. The van der Waals surface area contributed by atoms with Crippen molar-refractivity contribution in [3.8, 4) is 22.8 Å². The molecular weight excluding hydrogens is 507 g/mol. The van der Waals surface area contributed by atoms with Gasteiger partial charge in [0, 0.05) is 18.2 Å². The van der Waals surface area contributed by atoms with Crippen LogP contribution in [0.3, 0.4) is 0 Å². The molecule has 1 aliphatic carbocycles. The van der Waals surface area contributed by atoms with E-state index in [1.165, 1.54) is 13.3 Å². The molecule has 40 heavy (non-hydrogen) atoms. The van der Waals surface area contributed by atoms with E-state index in [9.17, 15) is 14.3 Å². The third-order valence-corrected chi connectivity index (χ3v) is 8.60. The van der Waals surface area contributed by atoms with E-state index in [2.05, 4.69) is 48.0 Å². The molecule has 0 radical (unpaired) electrons. The van der Waals surface area contributed by atoms with Gasteiger partial charge in [0.05, 0.1) is 19.2 Å². The number of aromatic nitrogens is 1. The summed E-state index contributed by atoms with van der Waals surface area (Å²) in [6, 6.07) is 14.1. The number of hydrogen-bond donors (Lipinski definition) is 1. The molecule has 3 aromatic rings. The van der Waals surface area contributed by atoms with Gasteiger partial charge in [0.2, 0.25) is 5.88 Å². The summed E-state index contributed by atoms with van der Waals surface area (Å²) in [7, 11) is 1.53. The zero-order chi connectivity index (χ0) is 28.4. The zero-order valence-electron chi connectivity index (χ0n) is 23.8. The fourth-order valence-corrected chi connectivity index (χ4v) is 6.04. The Morgan fingerprint density at radius 3 is 2.58 bits per heavy atom. The molecule has 0 amide bonds. The summed E-state index contributed by atoms with van der Waals surface area (Å²) in [5.41, 5.74) is 5.59. The van der Waals surface area contributed by atoms with Crippen molar-refractivity contribution < 1.29 is 23.8 Å². The number of pyridine rings is 1. The van der Waals surface area contributed by atoms with Gasteiger partial charge in [-0.15, -0.1) is 0 Å². The van der Waals surface area contributed by atoms with Crippen molar-refractivity contribution in [3.63, 3.8) is 0 Å². The van der Waals surface area contributed by atoms with Crippen molar-refractivity contribution in [1.29, 1.82) is 0 Å². The van der Waals surface area contributed by atoms with Gasteiger partial charge in [-0.25, -0.2) is 9.37 Å². The molecule has 212 valence electrons. The molecule has 6 nitrogen and oxygen atoms in total. The topological polar surface area (TPSA) is 71.9 Å². The van der Waals surface area contributed by atoms with E-state index in [0.717, 1.165) is 72.3 Å². The Morgan fingerprint density at radius 2 is 1.90 bits per heavy atom. The molecule has 0 spiro atoms. The Balaban J connectivity index is 1.47. The van der Waals surface area contributed by atoms with Gasteiger partial charge in [0.1, 0.15) is 17.7 Å². The predicted molar refractivity (Wildman–Crippen MR) is 153 cm³/mol. The minimum absolute atomic E-state index is 0.000941. The Labute approximate surface area is 236 Å². The smallest absolute Gasteiger partial charge is 0.306 e. The zero-order valence-corrected chi connectivity index (χ0v) is 23.8. The number of benzene rings is 2. The largest absolute Gasteiger partial charge is 0.485 e. The second kappa shape index (κ2) is 12.0. The summed E-state index contributed by atoms with van der Waals surface area (Å²) >= 11 is 0. The van der Waals surface area contributed by atoms with Crippen LogP contribution < -0.4 is 9.47 Å². The summed E-state index contributed by atoms with van der Waals surface area (Å²) in [5.74, 6) is 0.0653. The lowest BCUT2D eigenvalue weighted by molar-refractivity contribution is -0.142. The molecule has 2 unspecified atom stereocenters. The Bertz CT molecular complexity index is 1370. The fourth-order valence-electron chi connectivity index (χ4n) is 6.04. The van der Waals surface area contributed by atoms with Gasteiger partial charge in [0.15, 0.2) is 0 Å². The van der Waals surface area contributed by atoms with Crippen LogP contribution in [0.25, 0.3) is 11.1 Å². The summed E-state index contributed by atoms with van der Waals surface area (Å²) in [6.45, 7) is 8.52. The fraction of sp³-hybridized carbons (Fsp3) is 0.455. The maximum atomic E-state index is 15.0. The first-order valence-electron chi connectivity index (χ1n) is 14.4. The van der Waals surface area contributed by atoms with E-state index in [1.807, 2.05) is 19.1 Å². The number of aryl methyl sites for hydroxylation is 1. The normalized spacial score (nSPS) is 18.1. The number of methoxy groups -OCH3 is 1. The first-order chi connectivity index (χ1) is 19.3. The van der Waals surface area contributed by atoms with E-state index in [4.69, 9.17) is 9.47 Å². The highest BCUT2D eigenvalue weighted by atomic mass is 19.1. The number of fused-ring (bicyclic) bond motifs is 1. The van der Waals surface area contributed by atoms with Gasteiger partial charge in [-0.2, -0.15) is 0 Å². The summed E-state index contributed by atoms with van der Waals surface area (Å²) < 4.78 is 26.9. The number of halogens is 1. The van der Waals surface area contributed by atoms with E-state index in [1.54, 1.807) is 6.07 Å². The van der Waals surface area contributed by atoms with Crippen LogP contribution in [0.4, 0.5) is 4.39 Å². The van der Waals surface area contributed by atoms with Gasteiger partial charge in [-0.1, -0.05) is 51.1 Å². The highest BCUT2D eigenvalue weighted by molar-refractivity contribution is 5.71. The van der Waals surface area contributed by atoms with Gasteiger partial charge in [-0.3, -0.25) is 9.69 Å². The predicted octanol–water partition coefficient (Wildman–Crippen LogP) is 7.02. The van der Waals surface area contributed by atoms with Crippen molar-refractivity contribution in [2.45, 2.75) is 65.0 Å². The Hall–Kier alpha value is -3.45. The molecule has 0 saturated heterocycles. The first kappa shape index (κ1) is 28.1. The number of aliphatic carboxylic acids is 1. The van der Waals surface area contributed by atoms with E-state index in [-0.39, 0.29) is 17.8 Å². The average Bonchev–Trinajstić information content (AvgIpc) is 3.81. The molecule has 1 N–H and O–H groups in total. The number of carboxylic acids is 1. The number of carboxylic acid groups (broad SMARTS) is 1. The van der Waals surface area contributed by atoms with E-state index >= 15 is 0 Å². The van der Waals surface area contributed by atoms with E-state index in [0.29, 0.717) is 23.9 Å². The van der Waals surface area contributed by atoms with Gasteiger partial charge >= 0.3 is 5.97 Å². The number of ether oxygens (including phenoxy) is 2. The Kier molecular flexibility index (Phi) is 8.40. The standard InChI is InChI=1S/C33H39FN2O4/c1-5-36(6-2)19-25-15-23(11-13-26(25)27-17-31(39-4)35-18-28(27)34)29-14-12-21-7-10-24(16-30(21)40-29)32(22-8-9-22)20(3)33(37)38/h7,10-11,13,15-18,20,22,29,32H,5-6,8-9,12,14,19H2,1-4H3,(H,37,38)/t20-,29?,32?/m0/s1. The molecule has 7 heteroatoms. The van der Waals surface area contributed by atoms with Crippen molar-refractivity contribution in [2.75, 3.05) is 20.2 Å². The van der Waals surface area contributed by atoms with Gasteiger partial charge in [0.25, 0.3) is 0 Å². The molecular formula is C33H39FN2O4. The molecule has 2 aromatic carbocycles.